The Hall–Kier alpha value is -0.860. The number of benzene rings is 1. The molecule has 1 unspecified atom stereocenters. The molecule has 1 atom stereocenters. The summed E-state index contributed by atoms with van der Waals surface area (Å²) in [4.78, 5) is 0. The van der Waals surface area contributed by atoms with Gasteiger partial charge in [0.15, 0.2) is 0 Å². The molecular formula is C19H31NO. The largest absolute Gasteiger partial charge is 0.374 e. The quantitative estimate of drug-likeness (QED) is 0.772. The van der Waals surface area contributed by atoms with Crippen molar-refractivity contribution < 1.29 is 4.74 Å². The van der Waals surface area contributed by atoms with Crippen LogP contribution in [0.25, 0.3) is 0 Å². The number of aryl methyl sites for hydroxylation is 1. The van der Waals surface area contributed by atoms with Crippen LogP contribution < -0.4 is 5.32 Å². The molecule has 1 aromatic carbocycles. The Labute approximate surface area is 130 Å². The molecule has 1 fully saturated rings. The average molecular weight is 289 g/mol. The third kappa shape index (κ3) is 4.08. The Balaban J connectivity index is 2.18. The molecule has 1 aliphatic carbocycles. The molecule has 0 bridgehead atoms. The maximum absolute atomic E-state index is 6.30. The summed E-state index contributed by atoms with van der Waals surface area (Å²) >= 11 is 0. The van der Waals surface area contributed by atoms with Crippen molar-refractivity contribution in [3.8, 4) is 0 Å². The Morgan fingerprint density at radius 1 is 1.19 bits per heavy atom. The zero-order valence-electron chi connectivity index (χ0n) is 14.0. The lowest BCUT2D eigenvalue weighted by molar-refractivity contribution is -0.0612. The molecule has 2 heteroatoms. The van der Waals surface area contributed by atoms with E-state index in [4.69, 9.17) is 4.74 Å². The number of hydrogen-bond acceptors (Lipinski definition) is 2. The second-order valence-corrected chi connectivity index (χ2v) is 6.34. The van der Waals surface area contributed by atoms with Gasteiger partial charge in [-0.15, -0.1) is 0 Å². The number of rotatable bonds is 8. The number of nitrogens with one attached hydrogen (secondary N) is 1. The zero-order chi connectivity index (χ0) is 15.1. The SMILES string of the molecule is CCCNC(Cc1ccccc1C)C1(OCC)CCCC1. The number of ether oxygens (including phenoxy) is 1. The van der Waals surface area contributed by atoms with Crippen LogP contribution in [-0.2, 0) is 11.2 Å². The Morgan fingerprint density at radius 3 is 2.52 bits per heavy atom. The molecule has 118 valence electrons. The van der Waals surface area contributed by atoms with E-state index in [0.29, 0.717) is 6.04 Å². The third-order valence-corrected chi connectivity index (χ3v) is 4.84. The molecule has 1 aromatic rings. The zero-order valence-corrected chi connectivity index (χ0v) is 14.0. The molecular weight excluding hydrogens is 258 g/mol. The monoisotopic (exact) mass is 289 g/mol. The first-order valence-electron chi connectivity index (χ1n) is 8.63. The van der Waals surface area contributed by atoms with Crippen molar-refractivity contribution in [2.24, 2.45) is 0 Å². The van der Waals surface area contributed by atoms with Crippen LogP contribution in [0.15, 0.2) is 24.3 Å². The van der Waals surface area contributed by atoms with Crippen LogP contribution in [0.1, 0.15) is 57.1 Å². The van der Waals surface area contributed by atoms with Crippen LogP contribution in [0.5, 0.6) is 0 Å². The highest BCUT2D eigenvalue weighted by atomic mass is 16.5. The van der Waals surface area contributed by atoms with Crippen molar-refractivity contribution in [3.63, 3.8) is 0 Å². The smallest absolute Gasteiger partial charge is 0.0837 e. The van der Waals surface area contributed by atoms with Gasteiger partial charge in [0, 0.05) is 12.6 Å². The van der Waals surface area contributed by atoms with Gasteiger partial charge in [0.05, 0.1) is 5.60 Å². The van der Waals surface area contributed by atoms with Gasteiger partial charge < -0.3 is 10.1 Å². The average Bonchev–Trinajstić information content (AvgIpc) is 2.95. The van der Waals surface area contributed by atoms with Crippen molar-refractivity contribution in [3.05, 3.63) is 35.4 Å². The van der Waals surface area contributed by atoms with Crippen molar-refractivity contribution in [1.82, 2.24) is 5.32 Å². The van der Waals surface area contributed by atoms with E-state index in [1.807, 2.05) is 0 Å². The van der Waals surface area contributed by atoms with Gasteiger partial charge >= 0.3 is 0 Å². The van der Waals surface area contributed by atoms with Crippen molar-refractivity contribution in [1.29, 1.82) is 0 Å². The van der Waals surface area contributed by atoms with Gasteiger partial charge in [-0.1, -0.05) is 44.0 Å². The van der Waals surface area contributed by atoms with E-state index >= 15 is 0 Å². The van der Waals surface area contributed by atoms with Gasteiger partial charge in [-0.2, -0.15) is 0 Å². The normalized spacial score (nSPS) is 18.8. The van der Waals surface area contributed by atoms with E-state index in [1.54, 1.807) is 0 Å². The lowest BCUT2D eigenvalue weighted by Crippen LogP contribution is -2.52. The van der Waals surface area contributed by atoms with Crippen molar-refractivity contribution in [2.75, 3.05) is 13.2 Å². The Morgan fingerprint density at radius 2 is 1.90 bits per heavy atom. The summed E-state index contributed by atoms with van der Waals surface area (Å²) in [6.07, 6.45) is 7.26. The topological polar surface area (TPSA) is 21.3 Å². The van der Waals surface area contributed by atoms with Gasteiger partial charge in [0.2, 0.25) is 0 Å². The second-order valence-electron chi connectivity index (χ2n) is 6.34. The summed E-state index contributed by atoms with van der Waals surface area (Å²) in [5.41, 5.74) is 2.90. The molecule has 0 saturated heterocycles. The van der Waals surface area contributed by atoms with Crippen molar-refractivity contribution in [2.45, 2.75) is 70.9 Å². The molecule has 21 heavy (non-hydrogen) atoms. The van der Waals surface area contributed by atoms with Gasteiger partial charge in [-0.3, -0.25) is 0 Å². The molecule has 2 nitrogen and oxygen atoms in total. The standard InChI is InChI=1S/C19H31NO/c1-4-14-20-18(15-17-11-7-6-10-16(17)3)19(21-5-2)12-8-9-13-19/h6-7,10-11,18,20H,4-5,8-9,12-15H2,1-3H3. The van der Waals surface area contributed by atoms with E-state index in [2.05, 4.69) is 50.4 Å². The molecule has 1 aliphatic rings. The highest BCUT2D eigenvalue weighted by Crippen LogP contribution is 2.37. The highest BCUT2D eigenvalue weighted by Gasteiger charge is 2.41. The Bertz CT molecular complexity index is 423. The molecule has 0 aliphatic heterocycles. The fraction of sp³-hybridized carbons (Fsp3) is 0.684. The Kier molecular flexibility index (Phi) is 6.25. The molecule has 0 amide bonds. The van der Waals surface area contributed by atoms with Crippen LogP contribution in [0, 0.1) is 6.92 Å². The van der Waals surface area contributed by atoms with Gasteiger partial charge in [-0.05, 0) is 57.2 Å². The van der Waals surface area contributed by atoms with E-state index < -0.39 is 0 Å². The first-order chi connectivity index (χ1) is 10.2. The number of hydrogen-bond donors (Lipinski definition) is 1. The predicted octanol–water partition coefficient (Wildman–Crippen LogP) is 4.26. The fourth-order valence-corrected chi connectivity index (χ4v) is 3.68. The van der Waals surface area contributed by atoms with Crippen LogP contribution in [0.4, 0.5) is 0 Å². The fourth-order valence-electron chi connectivity index (χ4n) is 3.68. The van der Waals surface area contributed by atoms with Crippen LogP contribution in [0.3, 0.4) is 0 Å². The molecule has 0 heterocycles. The van der Waals surface area contributed by atoms with Crippen LogP contribution in [0.2, 0.25) is 0 Å². The maximum Gasteiger partial charge on any atom is 0.0837 e. The summed E-state index contributed by atoms with van der Waals surface area (Å²) in [7, 11) is 0. The molecule has 0 spiro atoms. The lowest BCUT2D eigenvalue weighted by Gasteiger charge is -2.38. The minimum atomic E-state index is 0.0478. The lowest BCUT2D eigenvalue weighted by atomic mass is 9.86. The van der Waals surface area contributed by atoms with Crippen LogP contribution >= 0.6 is 0 Å². The molecule has 0 aromatic heterocycles. The van der Waals surface area contributed by atoms with E-state index in [0.717, 1.165) is 19.6 Å². The van der Waals surface area contributed by atoms with Gasteiger partial charge in [0.1, 0.15) is 0 Å². The first kappa shape index (κ1) is 16.5. The summed E-state index contributed by atoms with van der Waals surface area (Å²) in [5.74, 6) is 0. The minimum absolute atomic E-state index is 0.0478. The molecule has 2 rings (SSSR count). The van der Waals surface area contributed by atoms with E-state index in [1.165, 1.54) is 43.2 Å². The molecule has 1 saturated carbocycles. The summed E-state index contributed by atoms with van der Waals surface area (Å²) in [6, 6.07) is 9.20. The summed E-state index contributed by atoms with van der Waals surface area (Å²) in [5, 5.41) is 3.79. The summed E-state index contributed by atoms with van der Waals surface area (Å²) in [6.45, 7) is 8.47. The first-order valence-corrected chi connectivity index (χ1v) is 8.63. The predicted molar refractivity (Wildman–Crippen MR) is 89.8 cm³/mol. The van der Waals surface area contributed by atoms with E-state index in [-0.39, 0.29) is 5.60 Å². The highest BCUT2D eigenvalue weighted by molar-refractivity contribution is 5.27. The summed E-state index contributed by atoms with van der Waals surface area (Å²) < 4.78 is 6.30. The van der Waals surface area contributed by atoms with Crippen LogP contribution in [-0.4, -0.2) is 24.8 Å². The van der Waals surface area contributed by atoms with Gasteiger partial charge in [0.25, 0.3) is 0 Å². The second kappa shape index (κ2) is 7.95. The third-order valence-electron chi connectivity index (χ3n) is 4.84. The van der Waals surface area contributed by atoms with E-state index in [9.17, 15) is 0 Å². The van der Waals surface area contributed by atoms with Crippen molar-refractivity contribution >= 4 is 0 Å². The minimum Gasteiger partial charge on any atom is -0.374 e. The molecule has 1 N–H and O–H groups in total. The molecule has 0 radical (unpaired) electrons. The maximum atomic E-state index is 6.30. The van der Waals surface area contributed by atoms with Gasteiger partial charge in [-0.25, -0.2) is 0 Å².